The number of carbonyl (C=O) groups is 3. The Hall–Kier alpha value is -2.15. The van der Waals surface area contributed by atoms with Gasteiger partial charge in [-0.05, 0) is 42.0 Å². The van der Waals surface area contributed by atoms with Gasteiger partial charge in [0.1, 0.15) is 5.82 Å². The average Bonchev–Trinajstić information content (AvgIpc) is 2.84. The molecule has 1 saturated heterocycles. The summed E-state index contributed by atoms with van der Waals surface area (Å²) in [5.74, 6) is -0.818. The maximum atomic E-state index is 12.9. The van der Waals surface area contributed by atoms with Crippen LogP contribution < -0.4 is 5.32 Å². The fourth-order valence-corrected chi connectivity index (χ4v) is 3.20. The third-order valence-electron chi connectivity index (χ3n) is 3.71. The monoisotopic (exact) mass is 364 g/mol. The Labute approximate surface area is 150 Å². The van der Waals surface area contributed by atoms with Gasteiger partial charge < -0.3 is 5.32 Å². The van der Waals surface area contributed by atoms with Gasteiger partial charge in [-0.2, -0.15) is 0 Å². The first-order chi connectivity index (χ1) is 12.0. The van der Waals surface area contributed by atoms with Crippen molar-refractivity contribution >= 4 is 34.9 Å². The van der Waals surface area contributed by atoms with Crippen LogP contribution >= 0.6 is 11.8 Å². The van der Waals surface area contributed by atoms with Gasteiger partial charge in [0, 0.05) is 19.5 Å². The van der Waals surface area contributed by atoms with Crippen molar-refractivity contribution in [1.29, 1.82) is 0 Å². The van der Waals surface area contributed by atoms with Crippen molar-refractivity contribution in [3.8, 4) is 0 Å². The number of nitrogens with zero attached hydrogens (tertiary/aromatic N) is 1. The minimum atomic E-state index is -0.389. The highest BCUT2D eigenvalue weighted by Gasteiger charge is 2.34. The van der Waals surface area contributed by atoms with Crippen LogP contribution in [0.5, 0.6) is 0 Å². The number of hydrogen-bond acceptors (Lipinski definition) is 4. The molecule has 1 aromatic rings. The number of rotatable bonds is 8. The lowest BCUT2D eigenvalue weighted by Gasteiger charge is -2.12. The largest absolute Gasteiger partial charge is 0.354 e. The first kappa shape index (κ1) is 19.2. The van der Waals surface area contributed by atoms with Gasteiger partial charge in [-0.3, -0.25) is 19.3 Å². The highest BCUT2D eigenvalue weighted by molar-refractivity contribution is 8.18. The molecule has 0 atom stereocenters. The maximum absolute atomic E-state index is 12.9. The van der Waals surface area contributed by atoms with Gasteiger partial charge in [0.15, 0.2) is 0 Å². The molecule has 0 aromatic heterocycles. The smallest absolute Gasteiger partial charge is 0.293 e. The van der Waals surface area contributed by atoms with Gasteiger partial charge >= 0.3 is 0 Å². The van der Waals surface area contributed by atoms with E-state index in [-0.39, 0.29) is 36.0 Å². The molecule has 0 radical (unpaired) electrons. The zero-order valence-electron chi connectivity index (χ0n) is 14.1. The van der Waals surface area contributed by atoms with E-state index in [1.54, 1.807) is 18.2 Å². The summed E-state index contributed by atoms with van der Waals surface area (Å²) in [5, 5.41) is 2.36. The van der Waals surface area contributed by atoms with Gasteiger partial charge in [0.2, 0.25) is 5.91 Å². The molecule has 1 fully saturated rings. The molecule has 1 aliphatic heterocycles. The number of carbonyl (C=O) groups excluding carboxylic acids is 3. The zero-order chi connectivity index (χ0) is 18.2. The Bertz CT molecular complexity index is 673. The Morgan fingerprint density at radius 1 is 1.24 bits per heavy atom. The summed E-state index contributed by atoms with van der Waals surface area (Å²) in [4.78, 5) is 37.3. The second kappa shape index (κ2) is 9.36. The van der Waals surface area contributed by atoms with E-state index >= 15 is 0 Å². The summed E-state index contributed by atoms with van der Waals surface area (Å²) in [7, 11) is 0. The van der Waals surface area contributed by atoms with Crippen LogP contribution in [0.15, 0.2) is 29.2 Å². The molecule has 1 aromatic carbocycles. The summed E-state index contributed by atoms with van der Waals surface area (Å²) < 4.78 is 12.9. The molecule has 0 aliphatic carbocycles. The molecule has 134 valence electrons. The van der Waals surface area contributed by atoms with Crippen molar-refractivity contribution in [1.82, 2.24) is 10.2 Å². The van der Waals surface area contributed by atoms with Crippen LogP contribution in [0.4, 0.5) is 9.18 Å². The lowest BCUT2D eigenvalue weighted by atomic mass is 10.2. The van der Waals surface area contributed by atoms with Gasteiger partial charge in [0.25, 0.3) is 11.1 Å². The molecule has 1 N–H and O–H groups in total. The third-order valence-corrected chi connectivity index (χ3v) is 4.61. The second-order valence-electron chi connectivity index (χ2n) is 5.69. The van der Waals surface area contributed by atoms with Crippen molar-refractivity contribution in [3.05, 3.63) is 40.6 Å². The maximum Gasteiger partial charge on any atom is 0.293 e. The fraction of sp³-hybridized carbons (Fsp3) is 0.389. The van der Waals surface area contributed by atoms with E-state index in [9.17, 15) is 18.8 Å². The average molecular weight is 364 g/mol. The van der Waals surface area contributed by atoms with E-state index in [0.717, 1.165) is 35.9 Å². The summed E-state index contributed by atoms with van der Waals surface area (Å²) in [6, 6.07) is 5.67. The number of imide groups is 1. The molecule has 3 amide bonds. The molecule has 0 bridgehead atoms. The van der Waals surface area contributed by atoms with E-state index in [4.69, 9.17) is 0 Å². The molecule has 0 unspecified atom stereocenters. The minimum absolute atomic E-state index is 0.0673. The number of nitrogens with one attached hydrogen (secondary N) is 1. The Balaban J connectivity index is 1.86. The number of benzene rings is 1. The van der Waals surface area contributed by atoms with Crippen LogP contribution in [0.2, 0.25) is 0 Å². The number of halogens is 1. The Kier molecular flexibility index (Phi) is 7.18. The molecular weight excluding hydrogens is 343 g/mol. The topological polar surface area (TPSA) is 66.5 Å². The van der Waals surface area contributed by atoms with Crippen LogP contribution in [0, 0.1) is 5.82 Å². The van der Waals surface area contributed by atoms with E-state index in [2.05, 4.69) is 12.2 Å². The van der Waals surface area contributed by atoms with Gasteiger partial charge in [-0.1, -0.05) is 31.9 Å². The van der Waals surface area contributed by atoms with Crippen molar-refractivity contribution in [2.24, 2.45) is 0 Å². The number of amides is 3. The normalized spacial score (nSPS) is 15.9. The highest BCUT2D eigenvalue weighted by atomic mass is 32.2. The second-order valence-corrected chi connectivity index (χ2v) is 6.69. The predicted octanol–water partition coefficient (Wildman–Crippen LogP) is 3.56. The van der Waals surface area contributed by atoms with Crippen molar-refractivity contribution in [2.75, 3.05) is 13.1 Å². The Morgan fingerprint density at radius 3 is 2.64 bits per heavy atom. The van der Waals surface area contributed by atoms with Crippen molar-refractivity contribution in [3.63, 3.8) is 0 Å². The molecule has 1 heterocycles. The summed E-state index contributed by atoms with van der Waals surface area (Å²) in [6.45, 7) is 2.45. The van der Waals surface area contributed by atoms with E-state index in [1.807, 2.05) is 0 Å². The minimum Gasteiger partial charge on any atom is -0.354 e. The lowest BCUT2D eigenvalue weighted by molar-refractivity contribution is -0.124. The van der Waals surface area contributed by atoms with E-state index in [1.165, 1.54) is 12.1 Å². The number of hydrogen-bond donors (Lipinski definition) is 1. The van der Waals surface area contributed by atoms with Gasteiger partial charge in [-0.25, -0.2) is 4.39 Å². The van der Waals surface area contributed by atoms with E-state index in [0.29, 0.717) is 16.9 Å². The zero-order valence-corrected chi connectivity index (χ0v) is 14.9. The molecule has 1 aliphatic rings. The summed E-state index contributed by atoms with van der Waals surface area (Å²) in [5.41, 5.74) is 0.649. The fourth-order valence-electron chi connectivity index (χ4n) is 2.33. The molecule has 7 heteroatoms. The van der Waals surface area contributed by atoms with Crippen molar-refractivity contribution in [2.45, 2.75) is 32.6 Å². The summed E-state index contributed by atoms with van der Waals surface area (Å²) >= 11 is 0.849. The molecule has 0 saturated carbocycles. The first-order valence-electron chi connectivity index (χ1n) is 8.29. The number of unbranched alkanes of at least 4 members (excludes halogenated alkanes) is 2. The Morgan fingerprint density at radius 2 is 1.96 bits per heavy atom. The first-order valence-corrected chi connectivity index (χ1v) is 9.10. The van der Waals surface area contributed by atoms with Gasteiger partial charge in [0.05, 0.1) is 4.91 Å². The van der Waals surface area contributed by atoms with Crippen LogP contribution in [0.3, 0.4) is 0 Å². The molecule has 2 rings (SSSR count). The number of thioether (sulfide) groups is 1. The quantitative estimate of drug-likeness (QED) is 0.566. The van der Waals surface area contributed by atoms with Crippen LogP contribution in [0.25, 0.3) is 6.08 Å². The van der Waals surface area contributed by atoms with Gasteiger partial charge in [-0.15, -0.1) is 0 Å². The standard InChI is InChI=1S/C18H21FN2O3S/c1-2-3-4-5-16(22)20-10-11-21-17(23)15(25-18(21)24)12-13-6-8-14(19)9-7-13/h6-9,12H,2-5,10-11H2,1H3,(H,20,22)/b15-12-. The highest BCUT2D eigenvalue weighted by Crippen LogP contribution is 2.31. The van der Waals surface area contributed by atoms with Crippen molar-refractivity contribution < 1.29 is 18.8 Å². The molecular formula is C18H21FN2O3S. The SMILES string of the molecule is CCCCCC(=O)NCCN1C(=O)S/C(=C\c2ccc(F)cc2)C1=O. The summed E-state index contributed by atoms with van der Waals surface area (Å²) in [6.07, 6.45) is 4.91. The van der Waals surface area contributed by atoms with E-state index < -0.39 is 0 Å². The predicted molar refractivity (Wildman–Crippen MR) is 96.2 cm³/mol. The molecule has 5 nitrogen and oxygen atoms in total. The van der Waals surface area contributed by atoms with Crippen LogP contribution in [-0.2, 0) is 9.59 Å². The third kappa shape index (κ3) is 5.70. The molecule has 0 spiro atoms. The molecule has 25 heavy (non-hydrogen) atoms. The van der Waals surface area contributed by atoms with Crippen LogP contribution in [0.1, 0.15) is 38.2 Å². The van der Waals surface area contributed by atoms with Crippen LogP contribution in [-0.4, -0.2) is 35.0 Å². The lowest BCUT2D eigenvalue weighted by Crippen LogP contribution is -2.37.